The highest BCUT2D eigenvalue weighted by molar-refractivity contribution is 5.75. The van der Waals surface area contributed by atoms with Gasteiger partial charge in [0.05, 0.1) is 0 Å². The molecule has 0 heterocycles. The predicted molar refractivity (Wildman–Crippen MR) is 99.6 cm³/mol. The summed E-state index contributed by atoms with van der Waals surface area (Å²) in [4.78, 5) is 14.9. The monoisotopic (exact) mass is 310 g/mol. The van der Waals surface area contributed by atoms with Crippen LogP contribution in [0.3, 0.4) is 0 Å². The maximum absolute atomic E-state index is 10.6. The molecule has 0 saturated heterocycles. The molecule has 0 unspecified atom stereocenters. The van der Waals surface area contributed by atoms with Crippen molar-refractivity contribution in [3.63, 3.8) is 0 Å². The molecule has 3 heteroatoms. The molecule has 0 saturated carbocycles. The Balaban J connectivity index is 2.70. The van der Waals surface area contributed by atoms with Crippen LogP contribution in [0.25, 0.3) is 6.08 Å². The van der Waals surface area contributed by atoms with Gasteiger partial charge in [0.1, 0.15) is 0 Å². The summed E-state index contributed by atoms with van der Waals surface area (Å²) < 4.78 is 0. The van der Waals surface area contributed by atoms with E-state index in [0.29, 0.717) is 19.4 Å². The minimum atomic E-state index is -0.276. The third-order valence-electron chi connectivity index (χ3n) is 3.32. The van der Waals surface area contributed by atoms with Crippen LogP contribution in [-0.4, -0.2) is 18.7 Å². The molecule has 0 spiro atoms. The highest BCUT2D eigenvalue weighted by Crippen LogP contribution is 2.13. The maximum atomic E-state index is 10.6. The van der Waals surface area contributed by atoms with Crippen molar-refractivity contribution in [3.05, 3.63) is 64.8 Å². The number of rotatable bonds is 8. The largest absolute Gasteiger partial charge is 0.370 e. The number of nitrogens with zero attached hydrogens (tertiary/aromatic N) is 1. The average molecular weight is 310 g/mol. The van der Waals surface area contributed by atoms with Gasteiger partial charge in [-0.25, -0.2) is 0 Å². The first kappa shape index (κ1) is 18.6. The number of amides is 1. The zero-order chi connectivity index (χ0) is 17.1. The van der Waals surface area contributed by atoms with E-state index in [0.717, 1.165) is 5.57 Å². The van der Waals surface area contributed by atoms with E-state index >= 15 is 0 Å². The van der Waals surface area contributed by atoms with Crippen molar-refractivity contribution in [1.29, 1.82) is 0 Å². The van der Waals surface area contributed by atoms with Crippen molar-refractivity contribution in [2.45, 2.75) is 33.6 Å². The summed E-state index contributed by atoms with van der Waals surface area (Å²) in [6.07, 6.45) is 13.0. The molecule has 0 radical (unpaired) electrons. The van der Waals surface area contributed by atoms with E-state index < -0.39 is 0 Å². The molecule has 1 aromatic rings. The first-order valence-corrected chi connectivity index (χ1v) is 7.89. The number of nitrogens with two attached hydrogens (primary N) is 1. The van der Waals surface area contributed by atoms with Gasteiger partial charge in [-0.1, -0.05) is 48.1 Å². The van der Waals surface area contributed by atoms with Gasteiger partial charge in [0.15, 0.2) is 0 Å². The summed E-state index contributed by atoms with van der Waals surface area (Å²) in [6.45, 7) is 6.82. The van der Waals surface area contributed by atoms with Crippen molar-refractivity contribution in [1.82, 2.24) is 0 Å². The molecule has 2 N–H and O–H groups in total. The summed E-state index contributed by atoms with van der Waals surface area (Å²) in [6, 6.07) is 6.43. The van der Waals surface area contributed by atoms with Crippen LogP contribution < -0.4 is 5.73 Å². The van der Waals surface area contributed by atoms with Gasteiger partial charge in [-0.2, -0.15) is 0 Å². The van der Waals surface area contributed by atoms with Crippen LogP contribution >= 0.6 is 0 Å². The van der Waals surface area contributed by atoms with Gasteiger partial charge in [-0.05, 0) is 50.0 Å². The Morgan fingerprint density at radius 2 is 2.04 bits per heavy atom. The van der Waals surface area contributed by atoms with Crippen molar-refractivity contribution in [2.75, 3.05) is 6.54 Å². The Kier molecular flexibility index (Phi) is 8.37. The lowest BCUT2D eigenvalue weighted by Crippen LogP contribution is -2.10. The van der Waals surface area contributed by atoms with Crippen LogP contribution in [0.1, 0.15) is 36.5 Å². The second-order valence-corrected chi connectivity index (χ2v) is 5.49. The molecular weight excluding hydrogens is 284 g/mol. The van der Waals surface area contributed by atoms with Gasteiger partial charge in [0.2, 0.25) is 5.91 Å². The summed E-state index contributed by atoms with van der Waals surface area (Å²) >= 11 is 0. The third kappa shape index (κ3) is 7.96. The number of hydrogen-bond donors (Lipinski definition) is 1. The number of aryl methyl sites for hydroxylation is 2. The highest BCUT2D eigenvalue weighted by Gasteiger charge is 1.94. The first-order valence-electron chi connectivity index (χ1n) is 7.89. The van der Waals surface area contributed by atoms with Gasteiger partial charge in [-0.15, -0.1) is 0 Å². The molecule has 0 fully saturated rings. The standard InChI is InChI=1S/C20H26N2O/c1-4-6-18(12-14-22-13-5-7-20(21)23)9-11-19-10-8-16(2)15-17(19)3/h4,6,8-12,14-15H,5,7,13H2,1-3H3,(H2,21,23)/b6-4-,11-9+,18-12+,22-14+. The van der Waals surface area contributed by atoms with Crippen LogP contribution in [0.2, 0.25) is 0 Å². The molecule has 1 amide bonds. The molecular formula is C20H26N2O. The topological polar surface area (TPSA) is 55.4 Å². The lowest BCUT2D eigenvalue weighted by molar-refractivity contribution is -0.118. The van der Waals surface area contributed by atoms with Gasteiger partial charge in [-0.3, -0.25) is 9.79 Å². The molecule has 0 atom stereocenters. The van der Waals surface area contributed by atoms with Crippen molar-refractivity contribution >= 4 is 18.2 Å². The molecule has 0 aliphatic rings. The van der Waals surface area contributed by atoms with E-state index in [4.69, 9.17) is 5.73 Å². The molecule has 0 aromatic heterocycles. The smallest absolute Gasteiger partial charge is 0.217 e. The SMILES string of the molecule is C\C=C/C(/C=C/c1ccc(C)cc1C)=C\C=N\CCCC(N)=O. The van der Waals surface area contributed by atoms with Crippen LogP contribution in [0.4, 0.5) is 0 Å². The maximum Gasteiger partial charge on any atom is 0.217 e. The van der Waals surface area contributed by atoms with Gasteiger partial charge in [0, 0.05) is 19.2 Å². The van der Waals surface area contributed by atoms with E-state index in [1.54, 1.807) is 6.21 Å². The summed E-state index contributed by atoms with van der Waals surface area (Å²) in [5.74, 6) is -0.276. The summed E-state index contributed by atoms with van der Waals surface area (Å²) in [5, 5.41) is 0. The number of primary amides is 1. The quantitative estimate of drug-likeness (QED) is 0.437. The molecule has 0 aliphatic heterocycles. The number of benzene rings is 1. The number of aliphatic imine (C=N–C) groups is 1. The minimum Gasteiger partial charge on any atom is -0.370 e. The molecule has 3 nitrogen and oxygen atoms in total. The van der Waals surface area contributed by atoms with E-state index in [-0.39, 0.29) is 5.91 Å². The van der Waals surface area contributed by atoms with E-state index in [1.807, 2.05) is 25.2 Å². The number of hydrogen-bond acceptors (Lipinski definition) is 2. The zero-order valence-electron chi connectivity index (χ0n) is 14.3. The Morgan fingerprint density at radius 1 is 1.26 bits per heavy atom. The van der Waals surface area contributed by atoms with Gasteiger partial charge >= 0.3 is 0 Å². The second kappa shape index (κ2) is 10.3. The van der Waals surface area contributed by atoms with Crippen molar-refractivity contribution in [2.24, 2.45) is 10.7 Å². The van der Waals surface area contributed by atoms with Gasteiger partial charge in [0.25, 0.3) is 0 Å². The van der Waals surface area contributed by atoms with E-state index in [2.05, 4.69) is 49.2 Å². The van der Waals surface area contributed by atoms with Gasteiger partial charge < -0.3 is 5.73 Å². The van der Waals surface area contributed by atoms with E-state index in [1.165, 1.54) is 16.7 Å². The molecule has 23 heavy (non-hydrogen) atoms. The van der Waals surface area contributed by atoms with Crippen LogP contribution in [0, 0.1) is 13.8 Å². The molecule has 1 rings (SSSR count). The highest BCUT2D eigenvalue weighted by atomic mass is 16.1. The number of allylic oxidation sites excluding steroid dienone is 5. The molecule has 1 aromatic carbocycles. The lowest BCUT2D eigenvalue weighted by atomic mass is 10.0. The Bertz CT molecular complexity index is 637. The second-order valence-electron chi connectivity index (χ2n) is 5.49. The number of carbonyl (C=O) groups excluding carboxylic acids is 1. The summed E-state index contributed by atoms with van der Waals surface area (Å²) in [5.41, 5.74) is 9.91. The van der Waals surface area contributed by atoms with Crippen molar-refractivity contribution < 1.29 is 4.79 Å². The number of carbonyl (C=O) groups is 1. The summed E-state index contributed by atoms with van der Waals surface area (Å²) in [7, 11) is 0. The van der Waals surface area contributed by atoms with Crippen LogP contribution in [0.15, 0.2) is 53.1 Å². The first-order chi connectivity index (χ1) is 11.0. The predicted octanol–water partition coefficient (Wildman–Crippen LogP) is 4.16. The Hall–Kier alpha value is -2.42. The average Bonchev–Trinajstić information content (AvgIpc) is 2.49. The molecule has 122 valence electrons. The van der Waals surface area contributed by atoms with E-state index in [9.17, 15) is 4.79 Å². The minimum absolute atomic E-state index is 0.276. The van der Waals surface area contributed by atoms with Crippen LogP contribution in [-0.2, 0) is 4.79 Å². The third-order valence-corrected chi connectivity index (χ3v) is 3.32. The molecule has 0 bridgehead atoms. The fourth-order valence-corrected chi connectivity index (χ4v) is 2.12. The normalized spacial score (nSPS) is 12.7. The Morgan fingerprint density at radius 3 is 2.70 bits per heavy atom. The zero-order valence-corrected chi connectivity index (χ0v) is 14.3. The van der Waals surface area contributed by atoms with Crippen LogP contribution in [0.5, 0.6) is 0 Å². The molecule has 0 aliphatic carbocycles. The Labute approximate surface area is 139 Å². The fourth-order valence-electron chi connectivity index (χ4n) is 2.12. The lowest BCUT2D eigenvalue weighted by Gasteiger charge is -2.01. The fraction of sp³-hybridized carbons (Fsp3) is 0.300. The van der Waals surface area contributed by atoms with Crippen molar-refractivity contribution in [3.8, 4) is 0 Å².